The third kappa shape index (κ3) is 2.08. The van der Waals surface area contributed by atoms with Gasteiger partial charge in [-0.3, -0.25) is 4.79 Å². The van der Waals surface area contributed by atoms with E-state index in [0.29, 0.717) is 0 Å². The summed E-state index contributed by atoms with van der Waals surface area (Å²) in [5.41, 5.74) is 2.74. The highest BCUT2D eigenvalue weighted by molar-refractivity contribution is 6.06. The van der Waals surface area contributed by atoms with Crippen LogP contribution in [0.1, 0.15) is 19.4 Å². The zero-order valence-electron chi connectivity index (χ0n) is 11.5. The summed E-state index contributed by atoms with van der Waals surface area (Å²) >= 11 is 0. The van der Waals surface area contributed by atoms with Gasteiger partial charge >= 0.3 is 0 Å². The summed E-state index contributed by atoms with van der Waals surface area (Å²) in [7, 11) is 4.01. The van der Waals surface area contributed by atoms with E-state index in [-0.39, 0.29) is 5.91 Å². The van der Waals surface area contributed by atoms with E-state index in [1.165, 1.54) is 0 Å². The molecule has 18 heavy (non-hydrogen) atoms. The average Bonchev–Trinajstić information content (AvgIpc) is 2.57. The highest BCUT2D eigenvalue weighted by Crippen LogP contribution is 2.39. The van der Waals surface area contributed by atoms with Crippen molar-refractivity contribution in [1.29, 1.82) is 0 Å². The van der Waals surface area contributed by atoms with Crippen molar-refractivity contribution in [1.82, 2.24) is 5.32 Å². The summed E-state index contributed by atoms with van der Waals surface area (Å²) in [5.74, 6) is 0.0764. The van der Waals surface area contributed by atoms with Crippen LogP contribution in [0.15, 0.2) is 18.2 Å². The number of carbonyl (C=O) groups excluding carboxylic acids is 1. The lowest BCUT2D eigenvalue weighted by Crippen LogP contribution is -2.28. The average molecular weight is 247 g/mol. The largest absolute Gasteiger partial charge is 0.373 e. The number of likely N-dealkylation sites (N-methyl/N-ethyl adjacent to an activating group) is 2. The Morgan fingerprint density at radius 1 is 1.39 bits per heavy atom. The van der Waals surface area contributed by atoms with Crippen molar-refractivity contribution in [2.75, 3.05) is 37.4 Å². The molecule has 1 aromatic carbocycles. The quantitative estimate of drug-likeness (QED) is 0.849. The van der Waals surface area contributed by atoms with Crippen molar-refractivity contribution in [3.63, 3.8) is 0 Å². The predicted octanol–water partition coefficient (Wildman–Crippen LogP) is 1.57. The topological polar surface area (TPSA) is 44.4 Å². The molecule has 0 aromatic heterocycles. The number of benzene rings is 1. The Kier molecular flexibility index (Phi) is 3.30. The maximum Gasteiger partial charge on any atom is 0.234 e. The summed E-state index contributed by atoms with van der Waals surface area (Å²) in [5, 5.41) is 6.06. The van der Waals surface area contributed by atoms with Gasteiger partial charge in [-0.15, -0.1) is 0 Å². The molecule has 0 fully saturated rings. The standard InChI is InChI=1S/C14H21N3O/c1-14(2)11-9-10(17(4)8-7-15-3)5-6-12(11)16-13(14)18/h5-6,9,15H,7-8H2,1-4H3,(H,16,18). The number of hydrogen-bond acceptors (Lipinski definition) is 3. The second kappa shape index (κ2) is 4.61. The highest BCUT2D eigenvalue weighted by Gasteiger charge is 2.38. The number of fused-ring (bicyclic) bond motifs is 1. The molecule has 0 unspecified atom stereocenters. The van der Waals surface area contributed by atoms with Gasteiger partial charge in [0.15, 0.2) is 0 Å². The fraction of sp³-hybridized carbons (Fsp3) is 0.500. The van der Waals surface area contributed by atoms with Crippen LogP contribution in [0, 0.1) is 0 Å². The molecule has 1 heterocycles. The molecule has 1 aromatic rings. The van der Waals surface area contributed by atoms with Gasteiger partial charge < -0.3 is 15.5 Å². The van der Waals surface area contributed by atoms with Gasteiger partial charge in [0.2, 0.25) is 5.91 Å². The van der Waals surface area contributed by atoms with Crippen molar-refractivity contribution < 1.29 is 4.79 Å². The Morgan fingerprint density at radius 3 is 2.78 bits per heavy atom. The maximum absolute atomic E-state index is 11.9. The number of hydrogen-bond donors (Lipinski definition) is 2. The normalized spacial score (nSPS) is 16.3. The van der Waals surface area contributed by atoms with Crippen molar-refractivity contribution in [3.05, 3.63) is 23.8 Å². The monoisotopic (exact) mass is 247 g/mol. The lowest BCUT2D eigenvalue weighted by Gasteiger charge is -2.22. The minimum atomic E-state index is -0.435. The highest BCUT2D eigenvalue weighted by atomic mass is 16.2. The number of anilines is 2. The van der Waals surface area contributed by atoms with Gasteiger partial charge in [0.05, 0.1) is 5.41 Å². The first kappa shape index (κ1) is 12.9. The van der Waals surface area contributed by atoms with Gasteiger partial charge in [-0.05, 0) is 44.7 Å². The van der Waals surface area contributed by atoms with Crippen LogP contribution in [0.2, 0.25) is 0 Å². The minimum Gasteiger partial charge on any atom is -0.373 e. The van der Waals surface area contributed by atoms with Crippen molar-refractivity contribution in [3.8, 4) is 0 Å². The summed E-state index contributed by atoms with van der Waals surface area (Å²) < 4.78 is 0. The van der Waals surface area contributed by atoms with Crippen LogP contribution < -0.4 is 15.5 Å². The third-order valence-corrected chi connectivity index (χ3v) is 3.63. The number of amides is 1. The number of nitrogens with zero attached hydrogens (tertiary/aromatic N) is 1. The molecule has 0 bridgehead atoms. The second-order valence-corrected chi connectivity index (χ2v) is 5.33. The van der Waals surface area contributed by atoms with Gasteiger partial charge in [0.1, 0.15) is 0 Å². The summed E-state index contributed by atoms with van der Waals surface area (Å²) in [6, 6.07) is 6.16. The zero-order chi connectivity index (χ0) is 13.3. The van der Waals surface area contributed by atoms with Crippen LogP contribution >= 0.6 is 0 Å². The lowest BCUT2D eigenvalue weighted by molar-refractivity contribution is -0.119. The SMILES string of the molecule is CNCCN(C)c1ccc2c(c1)C(C)(C)C(=O)N2. The van der Waals surface area contributed by atoms with E-state index >= 15 is 0 Å². The van der Waals surface area contributed by atoms with E-state index in [9.17, 15) is 4.79 Å². The lowest BCUT2D eigenvalue weighted by atomic mass is 9.86. The molecule has 2 rings (SSSR count). The van der Waals surface area contributed by atoms with Crippen molar-refractivity contribution in [2.45, 2.75) is 19.3 Å². The van der Waals surface area contributed by atoms with Gasteiger partial charge in [-0.25, -0.2) is 0 Å². The van der Waals surface area contributed by atoms with Crippen molar-refractivity contribution >= 4 is 17.3 Å². The molecule has 0 aliphatic carbocycles. The fourth-order valence-corrected chi connectivity index (χ4v) is 2.21. The van der Waals surface area contributed by atoms with E-state index < -0.39 is 5.41 Å². The molecule has 0 saturated heterocycles. The molecular formula is C14H21N3O. The Labute approximate surface area is 108 Å². The van der Waals surface area contributed by atoms with Crippen LogP contribution in [-0.4, -0.2) is 33.1 Å². The van der Waals surface area contributed by atoms with E-state index in [0.717, 1.165) is 30.0 Å². The summed E-state index contributed by atoms with van der Waals surface area (Å²) in [6.07, 6.45) is 0. The van der Waals surface area contributed by atoms with Gasteiger partial charge in [0.25, 0.3) is 0 Å². The molecule has 0 radical (unpaired) electrons. The molecule has 2 N–H and O–H groups in total. The third-order valence-electron chi connectivity index (χ3n) is 3.63. The molecular weight excluding hydrogens is 226 g/mol. The van der Waals surface area contributed by atoms with Crippen LogP contribution in [0.4, 0.5) is 11.4 Å². The minimum absolute atomic E-state index is 0.0764. The van der Waals surface area contributed by atoms with Crippen LogP contribution in [0.3, 0.4) is 0 Å². The number of rotatable bonds is 4. The molecule has 4 heteroatoms. The number of nitrogens with one attached hydrogen (secondary N) is 2. The van der Waals surface area contributed by atoms with Gasteiger partial charge in [-0.1, -0.05) is 0 Å². The van der Waals surface area contributed by atoms with E-state index in [1.807, 2.05) is 27.0 Å². The Morgan fingerprint density at radius 2 is 2.11 bits per heavy atom. The molecule has 0 saturated carbocycles. The van der Waals surface area contributed by atoms with Crippen molar-refractivity contribution in [2.24, 2.45) is 0 Å². The molecule has 0 spiro atoms. The predicted molar refractivity (Wildman–Crippen MR) is 75.3 cm³/mol. The molecule has 0 atom stereocenters. The molecule has 1 aliphatic heterocycles. The Balaban J connectivity index is 2.28. The van der Waals surface area contributed by atoms with Crippen LogP contribution in [0.5, 0.6) is 0 Å². The van der Waals surface area contributed by atoms with E-state index in [1.54, 1.807) is 0 Å². The van der Waals surface area contributed by atoms with Gasteiger partial charge in [-0.2, -0.15) is 0 Å². The Hall–Kier alpha value is -1.55. The number of carbonyl (C=O) groups is 1. The summed E-state index contributed by atoms with van der Waals surface area (Å²) in [4.78, 5) is 14.1. The maximum atomic E-state index is 11.9. The smallest absolute Gasteiger partial charge is 0.234 e. The second-order valence-electron chi connectivity index (χ2n) is 5.33. The first-order valence-corrected chi connectivity index (χ1v) is 6.28. The first-order valence-electron chi connectivity index (χ1n) is 6.28. The first-order chi connectivity index (χ1) is 8.46. The van der Waals surface area contributed by atoms with Gasteiger partial charge in [0, 0.05) is 31.5 Å². The molecule has 1 aliphatic rings. The van der Waals surface area contributed by atoms with Crippen LogP contribution in [0.25, 0.3) is 0 Å². The molecule has 98 valence electrons. The van der Waals surface area contributed by atoms with E-state index in [2.05, 4.69) is 34.7 Å². The zero-order valence-corrected chi connectivity index (χ0v) is 11.5. The van der Waals surface area contributed by atoms with Crippen LogP contribution in [-0.2, 0) is 10.2 Å². The molecule has 1 amide bonds. The molecule has 4 nitrogen and oxygen atoms in total. The van der Waals surface area contributed by atoms with E-state index in [4.69, 9.17) is 0 Å². The summed E-state index contributed by atoms with van der Waals surface area (Å²) in [6.45, 7) is 5.81. The fourth-order valence-electron chi connectivity index (χ4n) is 2.21. The Bertz CT molecular complexity index is 468.